The Kier molecular flexibility index (Phi) is 4.50. The number of carbonyl (C=O) groups excluding carboxylic acids is 1. The molecule has 0 heterocycles. The van der Waals surface area contributed by atoms with E-state index >= 15 is 0 Å². The quantitative estimate of drug-likeness (QED) is 0.668. The zero-order valence-corrected chi connectivity index (χ0v) is 13.1. The van der Waals surface area contributed by atoms with Crippen LogP contribution in [0.5, 0.6) is 0 Å². The fourth-order valence-corrected chi connectivity index (χ4v) is 3.17. The summed E-state index contributed by atoms with van der Waals surface area (Å²) < 4.78 is 0.798. The maximum atomic E-state index is 12.5. The number of carbonyl (C=O) groups is 1. The Bertz CT molecular complexity index is 458. The number of benzene rings is 1. The molecule has 1 aliphatic rings. The summed E-state index contributed by atoms with van der Waals surface area (Å²) in [4.78, 5) is 12.5. The summed E-state index contributed by atoms with van der Waals surface area (Å²) in [5, 5.41) is 0.650. The zero-order valence-electron chi connectivity index (χ0n) is 10.7. The van der Waals surface area contributed by atoms with Gasteiger partial charge in [0.05, 0.1) is 5.02 Å². The molecule has 1 aromatic carbocycles. The molecule has 98 valence electrons. The molecule has 3 atom stereocenters. The van der Waals surface area contributed by atoms with E-state index < -0.39 is 0 Å². The lowest BCUT2D eigenvalue weighted by atomic mass is 9.73. The largest absolute Gasteiger partial charge is 0.294 e. The van der Waals surface area contributed by atoms with Crippen molar-refractivity contribution in [1.29, 1.82) is 0 Å². The number of hydrogen-bond acceptors (Lipinski definition) is 1. The van der Waals surface area contributed by atoms with E-state index in [1.54, 1.807) is 6.07 Å². The second-order valence-corrected chi connectivity index (χ2v) is 6.72. The third kappa shape index (κ3) is 2.97. The van der Waals surface area contributed by atoms with E-state index in [0.29, 0.717) is 10.9 Å². The topological polar surface area (TPSA) is 17.1 Å². The van der Waals surface area contributed by atoms with Crippen molar-refractivity contribution in [2.45, 2.75) is 33.1 Å². The van der Waals surface area contributed by atoms with Crippen LogP contribution >= 0.6 is 27.5 Å². The predicted octanol–water partition coefficient (Wildman–Crippen LogP) is 5.36. The molecule has 3 unspecified atom stereocenters. The van der Waals surface area contributed by atoms with Gasteiger partial charge in [-0.25, -0.2) is 0 Å². The van der Waals surface area contributed by atoms with Gasteiger partial charge in [-0.05, 0) is 65.2 Å². The van der Waals surface area contributed by atoms with Gasteiger partial charge in [-0.3, -0.25) is 4.79 Å². The van der Waals surface area contributed by atoms with Gasteiger partial charge < -0.3 is 0 Å². The molecule has 1 fully saturated rings. The van der Waals surface area contributed by atoms with Crippen LogP contribution in [0.4, 0.5) is 0 Å². The van der Waals surface area contributed by atoms with E-state index in [2.05, 4.69) is 29.8 Å². The lowest BCUT2D eigenvalue weighted by Crippen LogP contribution is -2.26. The molecule has 0 aliphatic heterocycles. The zero-order chi connectivity index (χ0) is 13.3. The number of ketones is 1. The Morgan fingerprint density at radius 2 is 2.00 bits per heavy atom. The van der Waals surface area contributed by atoms with Crippen molar-refractivity contribution in [3.63, 3.8) is 0 Å². The molecule has 1 aliphatic carbocycles. The Balaban J connectivity index is 2.14. The van der Waals surface area contributed by atoms with Crippen LogP contribution in [0, 0.1) is 17.8 Å². The summed E-state index contributed by atoms with van der Waals surface area (Å²) in [6, 6.07) is 5.46. The van der Waals surface area contributed by atoms with Crippen LogP contribution in [0.2, 0.25) is 5.02 Å². The van der Waals surface area contributed by atoms with E-state index in [0.717, 1.165) is 35.2 Å². The molecule has 0 radical (unpaired) electrons. The molecule has 18 heavy (non-hydrogen) atoms. The maximum Gasteiger partial charge on any atom is 0.165 e. The Morgan fingerprint density at radius 3 is 2.61 bits per heavy atom. The third-order valence-electron chi connectivity index (χ3n) is 4.17. The van der Waals surface area contributed by atoms with Crippen molar-refractivity contribution in [3.8, 4) is 0 Å². The summed E-state index contributed by atoms with van der Waals surface area (Å²) in [7, 11) is 0. The molecule has 1 saturated carbocycles. The normalized spacial score (nSPS) is 28.1. The molecule has 3 heteroatoms. The van der Waals surface area contributed by atoms with E-state index in [1.807, 2.05) is 12.1 Å². The average Bonchev–Trinajstić information content (AvgIpc) is 2.35. The Hall–Kier alpha value is -0.340. The van der Waals surface area contributed by atoms with Crippen molar-refractivity contribution >= 4 is 33.3 Å². The summed E-state index contributed by atoms with van der Waals surface area (Å²) in [6.45, 7) is 4.53. The van der Waals surface area contributed by atoms with Gasteiger partial charge in [-0.15, -0.1) is 0 Å². The van der Waals surface area contributed by atoms with Crippen molar-refractivity contribution in [3.05, 3.63) is 33.3 Å². The van der Waals surface area contributed by atoms with E-state index in [-0.39, 0.29) is 11.7 Å². The van der Waals surface area contributed by atoms with Crippen LogP contribution in [0.25, 0.3) is 0 Å². The highest BCUT2D eigenvalue weighted by molar-refractivity contribution is 9.10. The molecule has 0 aromatic heterocycles. The fraction of sp³-hybridized carbons (Fsp3) is 0.533. The van der Waals surface area contributed by atoms with Gasteiger partial charge in [0.25, 0.3) is 0 Å². The molecule has 0 bridgehead atoms. The highest BCUT2D eigenvalue weighted by Gasteiger charge is 2.29. The highest BCUT2D eigenvalue weighted by Crippen LogP contribution is 2.35. The van der Waals surface area contributed by atoms with Crippen molar-refractivity contribution in [2.24, 2.45) is 17.8 Å². The minimum atomic E-state index is 0.185. The second-order valence-electron chi connectivity index (χ2n) is 5.46. The van der Waals surface area contributed by atoms with Crippen molar-refractivity contribution in [1.82, 2.24) is 0 Å². The number of rotatable bonds is 2. The smallest absolute Gasteiger partial charge is 0.165 e. The van der Waals surface area contributed by atoms with Gasteiger partial charge in [0.15, 0.2) is 5.78 Å². The second kappa shape index (κ2) is 5.75. The van der Waals surface area contributed by atoms with Gasteiger partial charge >= 0.3 is 0 Å². The van der Waals surface area contributed by atoms with Crippen LogP contribution in [-0.4, -0.2) is 5.78 Å². The van der Waals surface area contributed by atoms with E-state index in [4.69, 9.17) is 11.6 Å². The molecular weight excluding hydrogens is 312 g/mol. The highest BCUT2D eigenvalue weighted by atomic mass is 79.9. The summed E-state index contributed by atoms with van der Waals surface area (Å²) in [5.41, 5.74) is 0.776. The van der Waals surface area contributed by atoms with Crippen LogP contribution in [-0.2, 0) is 0 Å². The monoisotopic (exact) mass is 328 g/mol. The molecule has 2 rings (SSSR count). The first kappa shape index (κ1) is 14.1. The first-order valence-electron chi connectivity index (χ1n) is 6.48. The first-order valence-corrected chi connectivity index (χ1v) is 7.65. The predicted molar refractivity (Wildman–Crippen MR) is 79.2 cm³/mol. The lowest BCUT2D eigenvalue weighted by Gasteiger charge is -2.31. The van der Waals surface area contributed by atoms with Crippen LogP contribution in [0.3, 0.4) is 0 Å². The van der Waals surface area contributed by atoms with Crippen molar-refractivity contribution < 1.29 is 4.79 Å². The summed E-state index contributed by atoms with van der Waals surface area (Å²) in [5.74, 6) is 1.84. The average molecular weight is 330 g/mol. The minimum absolute atomic E-state index is 0.185. The standard InChI is InChI=1S/C15H18BrClO/c1-9-3-4-11(7-10(9)2)15(18)12-5-6-14(17)13(16)8-12/h5-6,8-11H,3-4,7H2,1-2H3. The van der Waals surface area contributed by atoms with Gasteiger partial charge in [0.2, 0.25) is 0 Å². The molecule has 0 N–H and O–H groups in total. The lowest BCUT2D eigenvalue weighted by molar-refractivity contribution is 0.0837. The van der Waals surface area contributed by atoms with Crippen LogP contribution in [0.15, 0.2) is 22.7 Å². The van der Waals surface area contributed by atoms with Crippen LogP contribution in [0.1, 0.15) is 43.5 Å². The van der Waals surface area contributed by atoms with E-state index in [9.17, 15) is 4.79 Å². The van der Waals surface area contributed by atoms with Crippen molar-refractivity contribution in [2.75, 3.05) is 0 Å². The minimum Gasteiger partial charge on any atom is -0.294 e. The fourth-order valence-electron chi connectivity index (χ4n) is 2.67. The Morgan fingerprint density at radius 1 is 1.28 bits per heavy atom. The first-order chi connectivity index (χ1) is 8.49. The molecule has 0 saturated heterocycles. The van der Waals surface area contributed by atoms with Gasteiger partial charge in [-0.2, -0.15) is 0 Å². The maximum absolute atomic E-state index is 12.5. The van der Waals surface area contributed by atoms with Gasteiger partial charge in [-0.1, -0.05) is 25.4 Å². The van der Waals surface area contributed by atoms with E-state index in [1.165, 1.54) is 0 Å². The molecule has 1 nitrogen and oxygen atoms in total. The molecule has 1 aromatic rings. The van der Waals surface area contributed by atoms with Gasteiger partial charge in [0.1, 0.15) is 0 Å². The SMILES string of the molecule is CC1CCC(C(=O)c2ccc(Cl)c(Br)c2)CC1C. The molecular formula is C15H18BrClO. The van der Waals surface area contributed by atoms with Gasteiger partial charge in [0, 0.05) is 16.0 Å². The summed E-state index contributed by atoms with van der Waals surface area (Å²) >= 11 is 9.33. The summed E-state index contributed by atoms with van der Waals surface area (Å²) in [6.07, 6.45) is 3.19. The Labute approximate surface area is 122 Å². The van der Waals surface area contributed by atoms with Crippen LogP contribution < -0.4 is 0 Å². The molecule has 0 amide bonds. The number of Topliss-reactive ketones (excluding diaryl/α,β-unsaturated/α-hetero) is 1. The third-order valence-corrected chi connectivity index (χ3v) is 5.39. The molecule has 0 spiro atoms. The number of hydrogen-bond donors (Lipinski definition) is 0. The number of halogens is 2.